The Bertz CT molecular complexity index is 703. The summed E-state index contributed by atoms with van der Waals surface area (Å²) < 4.78 is 16.7. The molecule has 0 aromatic heterocycles. The minimum atomic E-state index is -0.277. The molecule has 0 heterocycles. The van der Waals surface area contributed by atoms with E-state index in [9.17, 15) is 4.79 Å². The molecule has 0 spiro atoms. The summed E-state index contributed by atoms with van der Waals surface area (Å²) in [7, 11) is 3.10. The summed E-state index contributed by atoms with van der Waals surface area (Å²) in [5.41, 5.74) is 1.67. The van der Waals surface area contributed by atoms with E-state index in [0.29, 0.717) is 22.9 Å². The van der Waals surface area contributed by atoms with Crippen LogP contribution in [-0.2, 0) is 4.79 Å². The molecule has 0 aliphatic heterocycles. The molecule has 0 radical (unpaired) electrons. The highest BCUT2D eigenvalue weighted by Crippen LogP contribution is 2.29. The van der Waals surface area contributed by atoms with Gasteiger partial charge in [-0.05, 0) is 52.7 Å². The van der Waals surface area contributed by atoms with Gasteiger partial charge in [-0.1, -0.05) is 6.07 Å². The van der Waals surface area contributed by atoms with E-state index in [0.717, 1.165) is 10.0 Å². The zero-order valence-corrected chi connectivity index (χ0v) is 14.8. The van der Waals surface area contributed by atoms with Gasteiger partial charge in [0.15, 0.2) is 6.61 Å². The number of rotatable bonds is 6. The quantitative estimate of drug-likeness (QED) is 0.829. The normalized spacial score (nSPS) is 10.1. The van der Waals surface area contributed by atoms with Gasteiger partial charge in [-0.3, -0.25) is 4.79 Å². The number of nitrogens with one attached hydrogen (secondary N) is 1. The van der Waals surface area contributed by atoms with Crippen LogP contribution in [0.4, 0.5) is 5.69 Å². The second-order valence-corrected chi connectivity index (χ2v) is 5.69. The number of carbonyl (C=O) groups is 1. The van der Waals surface area contributed by atoms with E-state index >= 15 is 0 Å². The van der Waals surface area contributed by atoms with E-state index in [2.05, 4.69) is 21.2 Å². The third kappa shape index (κ3) is 4.63. The number of aryl methyl sites for hydroxylation is 1. The van der Waals surface area contributed by atoms with E-state index in [1.807, 2.05) is 25.1 Å². The van der Waals surface area contributed by atoms with Crippen LogP contribution in [0.15, 0.2) is 40.9 Å². The first-order chi connectivity index (χ1) is 11.0. The molecule has 0 bridgehead atoms. The predicted octanol–water partition coefficient (Wildman–Crippen LogP) is 3.79. The molecule has 0 atom stereocenters. The van der Waals surface area contributed by atoms with Crippen molar-refractivity contribution in [2.24, 2.45) is 0 Å². The Kier molecular flexibility index (Phi) is 5.87. The summed E-state index contributed by atoms with van der Waals surface area (Å²) in [6, 6.07) is 10.8. The van der Waals surface area contributed by atoms with Gasteiger partial charge in [-0.2, -0.15) is 0 Å². The lowest BCUT2D eigenvalue weighted by molar-refractivity contribution is -0.118. The average Bonchev–Trinajstić information content (AvgIpc) is 2.54. The van der Waals surface area contributed by atoms with Crippen molar-refractivity contribution in [1.82, 2.24) is 0 Å². The van der Waals surface area contributed by atoms with Crippen LogP contribution >= 0.6 is 15.9 Å². The van der Waals surface area contributed by atoms with Crippen molar-refractivity contribution in [1.29, 1.82) is 0 Å². The Hall–Kier alpha value is -2.21. The van der Waals surface area contributed by atoms with Gasteiger partial charge in [0.05, 0.1) is 24.4 Å². The smallest absolute Gasteiger partial charge is 0.262 e. The topological polar surface area (TPSA) is 56.8 Å². The van der Waals surface area contributed by atoms with Crippen LogP contribution in [-0.4, -0.2) is 26.7 Å². The fraction of sp³-hybridized carbons (Fsp3) is 0.235. The number of methoxy groups -OCH3 is 2. The molecular weight excluding hydrogens is 362 g/mol. The Morgan fingerprint density at radius 3 is 2.52 bits per heavy atom. The Morgan fingerprint density at radius 1 is 1.09 bits per heavy atom. The fourth-order valence-corrected chi connectivity index (χ4v) is 2.56. The molecule has 122 valence electrons. The number of hydrogen-bond donors (Lipinski definition) is 1. The Labute approximate surface area is 143 Å². The van der Waals surface area contributed by atoms with Crippen molar-refractivity contribution in [2.75, 3.05) is 26.1 Å². The molecule has 0 saturated carbocycles. The third-order valence-electron chi connectivity index (χ3n) is 3.13. The molecule has 2 aromatic carbocycles. The minimum Gasteiger partial charge on any atom is -0.497 e. The third-order valence-corrected chi connectivity index (χ3v) is 3.75. The van der Waals surface area contributed by atoms with Crippen LogP contribution in [0.1, 0.15) is 5.56 Å². The molecule has 0 unspecified atom stereocenters. The zero-order chi connectivity index (χ0) is 16.8. The Morgan fingerprint density at radius 2 is 1.87 bits per heavy atom. The lowest BCUT2D eigenvalue weighted by Crippen LogP contribution is -2.20. The van der Waals surface area contributed by atoms with Gasteiger partial charge in [0.1, 0.15) is 17.2 Å². The van der Waals surface area contributed by atoms with Crippen LogP contribution in [0, 0.1) is 6.92 Å². The molecule has 0 aliphatic carbocycles. The summed E-state index contributed by atoms with van der Waals surface area (Å²) in [6.45, 7) is 1.88. The number of anilines is 1. The number of carbonyl (C=O) groups excluding carboxylic acids is 1. The van der Waals surface area contributed by atoms with Crippen LogP contribution in [0.25, 0.3) is 0 Å². The van der Waals surface area contributed by atoms with Crippen molar-refractivity contribution in [3.05, 3.63) is 46.4 Å². The van der Waals surface area contributed by atoms with Crippen molar-refractivity contribution in [2.45, 2.75) is 6.92 Å². The van der Waals surface area contributed by atoms with E-state index in [1.54, 1.807) is 25.3 Å². The molecular formula is C17H18BrNO4. The van der Waals surface area contributed by atoms with E-state index in [1.165, 1.54) is 7.11 Å². The van der Waals surface area contributed by atoms with Crippen molar-refractivity contribution in [3.63, 3.8) is 0 Å². The van der Waals surface area contributed by atoms with Crippen molar-refractivity contribution in [3.8, 4) is 17.2 Å². The van der Waals surface area contributed by atoms with E-state index in [4.69, 9.17) is 14.2 Å². The summed E-state index contributed by atoms with van der Waals surface area (Å²) in [6.07, 6.45) is 0. The number of benzene rings is 2. The molecule has 2 rings (SSSR count). The summed E-state index contributed by atoms with van der Waals surface area (Å²) in [5.74, 6) is 1.52. The van der Waals surface area contributed by atoms with Crippen molar-refractivity contribution < 1.29 is 19.0 Å². The molecule has 0 saturated heterocycles. The van der Waals surface area contributed by atoms with Gasteiger partial charge in [0.25, 0.3) is 5.91 Å². The molecule has 1 N–H and O–H groups in total. The minimum absolute atomic E-state index is 0.100. The number of amides is 1. The molecule has 2 aromatic rings. The van der Waals surface area contributed by atoms with Gasteiger partial charge in [0, 0.05) is 6.07 Å². The first-order valence-electron chi connectivity index (χ1n) is 6.94. The molecule has 1 amide bonds. The summed E-state index contributed by atoms with van der Waals surface area (Å²) in [4.78, 5) is 12.0. The SMILES string of the molecule is COc1ccc(NC(=O)COc2ccc(C)cc2Br)c(OC)c1. The monoisotopic (exact) mass is 379 g/mol. The van der Waals surface area contributed by atoms with Crippen LogP contribution in [0.2, 0.25) is 0 Å². The van der Waals surface area contributed by atoms with Gasteiger partial charge < -0.3 is 19.5 Å². The van der Waals surface area contributed by atoms with Crippen LogP contribution < -0.4 is 19.5 Å². The predicted molar refractivity (Wildman–Crippen MR) is 92.5 cm³/mol. The van der Waals surface area contributed by atoms with E-state index < -0.39 is 0 Å². The maximum atomic E-state index is 12.0. The molecule has 23 heavy (non-hydrogen) atoms. The second-order valence-electron chi connectivity index (χ2n) is 4.84. The lowest BCUT2D eigenvalue weighted by Gasteiger charge is -2.12. The fourth-order valence-electron chi connectivity index (χ4n) is 1.95. The molecule has 0 aliphatic rings. The van der Waals surface area contributed by atoms with Gasteiger partial charge in [-0.25, -0.2) is 0 Å². The standard InChI is InChI=1S/C17H18BrNO4/c1-11-4-7-15(13(18)8-11)23-10-17(20)19-14-6-5-12(21-2)9-16(14)22-3/h4-9H,10H2,1-3H3,(H,19,20). The first-order valence-corrected chi connectivity index (χ1v) is 7.73. The largest absolute Gasteiger partial charge is 0.497 e. The van der Waals surface area contributed by atoms with Crippen molar-refractivity contribution >= 4 is 27.5 Å². The van der Waals surface area contributed by atoms with Crippen LogP contribution in [0.3, 0.4) is 0 Å². The summed E-state index contributed by atoms with van der Waals surface area (Å²) in [5, 5.41) is 2.75. The number of halogens is 1. The van der Waals surface area contributed by atoms with Gasteiger partial charge in [-0.15, -0.1) is 0 Å². The molecule has 5 nitrogen and oxygen atoms in total. The zero-order valence-electron chi connectivity index (χ0n) is 13.2. The highest BCUT2D eigenvalue weighted by Gasteiger charge is 2.10. The van der Waals surface area contributed by atoms with Gasteiger partial charge in [0.2, 0.25) is 0 Å². The van der Waals surface area contributed by atoms with E-state index in [-0.39, 0.29) is 12.5 Å². The maximum Gasteiger partial charge on any atom is 0.262 e. The second kappa shape index (κ2) is 7.87. The molecule has 0 fully saturated rings. The average molecular weight is 380 g/mol. The van der Waals surface area contributed by atoms with Gasteiger partial charge >= 0.3 is 0 Å². The first kappa shape index (κ1) is 17.1. The maximum absolute atomic E-state index is 12.0. The highest BCUT2D eigenvalue weighted by molar-refractivity contribution is 9.10. The number of hydrogen-bond acceptors (Lipinski definition) is 4. The number of ether oxygens (including phenoxy) is 3. The van der Waals surface area contributed by atoms with Crippen LogP contribution in [0.5, 0.6) is 17.2 Å². The molecule has 6 heteroatoms. The Balaban J connectivity index is 1.99. The highest BCUT2D eigenvalue weighted by atomic mass is 79.9. The summed E-state index contributed by atoms with van der Waals surface area (Å²) >= 11 is 3.41. The lowest BCUT2D eigenvalue weighted by atomic mass is 10.2.